The Kier molecular flexibility index (Phi) is 6.16. The van der Waals surface area contributed by atoms with Crippen molar-refractivity contribution in [3.05, 3.63) is 168 Å². The molecule has 0 radical (unpaired) electrons. The van der Waals surface area contributed by atoms with Crippen LogP contribution in [0.4, 0.5) is 0 Å². The zero-order chi connectivity index (χ0) is 28.8. The van der Waals surface area contributed by atoms with Gasteiger partial charge in [-0.25, -0.2) is 0 Å². The molecule has 7 aromatic rings. The van der Waals surface area contributed by atoms with Gasteiger partial charge in [0.1, 0.15) is 0 Å². The highest BCUT2D eigenvalue weighted by Gasteiger charge is 2.16. The Bertz CT molecular complexity index is 2180. The van der Waals surface area contributed by atoms with E-state index in [1.54, 1.807) is 0 Å². The Morgan fingerprint density at radius 1 is 0.442 bits per heavy atom. The maximum absolute atomic E-state index is 4.52. The third-order valence-corrected chi connectivity index (χ3v) is 8.63. The topological polar surface area (TPSA) is 14.1 Å². The monoisotopic (exact) mass is 548 g/mol. The largest absolute Gasteiger partial charge is 0.687 e. The van der Waals surface area contributed by atoms with E-state index in [1.165, 1.54) is 82.4 Å². The first-order chi connectivity index (χ1) is 21.2. The summed E-state index contributed by atoms with van der Waals surface area (Å²) < 4.78 is 0. The van der Waals surface area contributed by atoms with Gasteiger partial charge in [-0.3, -0.25) is 0 Å². The van der Waals surface area contributed by atoms with Gasteiger partial charge < -0.3 is 5.32 Å². The molecule has 0 saturated heterocycles. The molecule has 1 aliphatic heterocycles. The first-order valence-electron chi connectivity index (χ1n) is 14.9. The Labute approximate surface area is 252 Å². The SMILES string of the molecule is CC1=CC(c2cccc(-c3ccc4cc(-c5c6ccccc6c(-c6ccccc6)c6ccccc56)ccc4c3)c2)=C[N-]C1. The fourth-order valence-electron chi connectivity index (χ4n) is 6.61. The number of nitrogens with zero attached hydrogens (tertiary/aromatic N) is 1. The molecule has 0 bridgehead atoms. The van der Waals surface area contributed by atoms with Crippen LogP contribution in [0.3, 0.4) is 0 Å². The lowest BCUT2D eigenvalue weighted by Gasteiger charge is -2.23. The molecule has 7 aromatic carbocycles. The molecule has 1 nitrogen and oxygen atoms in total. The average Bonchev–Trinajstić information content (AvgIpc) is 3.07. The molecule has 0 atom stereocenters. The normalized spacial score (nSPS) is 13.1. The molecule has 0 unspecified atom stereocenters. The van der Waals surface area contributed by atoms with E-state index in [0.29, 0.717) is 0 Å². The zero-order valence-corrected chi connectivity index (χ0v) is 24.1. The van der Waals surface area contributed by atoms with Crippen LogP contribution in [-0.4, -0.2) is 6.54 Å². The van der Waals surface area contributed by atoms with E-state index in [4.69, 9.17) is 0 Å². The van der Waals surface area contributed by atoms with Gasteiger partial charge in [0.15, 0.2) is 0 Å². The van der Waals surface area contributed by atoms with Crippen molar-refractivity contribution in [2.24, 2.45) is 0 Å². The molecule has 204 valence electrons. The lowest BCUT2D eigenvalue weighted by Crippen LogP contribution is -1.93. The maximum Gasteiger partial charge on any atom is -0.00262 e. The molecule has 43 heavy (non-hydrogen) atoms. The van der Waals surface area contributed by atoms with Gasteiger partial charge in [0.25, 0.3) is 0 Å². The number of benzene rings is 7. The predicted molar refractivity (Wildman–Crippen MR) is 185 cm³/mol. The minimum atomic E-state index is 0.790. The maximum atomic E-state index is 4.52. The van der Waals surface area contributed by atoms with E-state index in [2.05, 4.69) is 158 Å². The van der Waals surface area contributed by atoms with Gasteiger partial charge in [0.05, 0.1) is 0 Å². The second kappa shape index (κ2) is 10.5. The van der Waals surface area contributed by atoms with Gasteiger partial charge in [-0.15, -0.1) is 6.54 Å². The Balaban J connectivity index is 1.26. The fraction of sp³-hybridized carbons (Fsp3) is 0.0476. The molecule has 0 aliphatic carbocycles. The Morgan fingerprint density at radius 3 is 1.60 bits per heavy atom. The second-order valence-corrected chi connectivity index (χ2v) is 11.5. The number of hydrogen-bond acceptors (Lipinski definition) is 0. The van der Waals surface area contributed by atoms with Crippen LogP contribution in [0.15, 0.2) is 157 Å². The molecule has 0 spiro atoms. The molecule has 1 heterocycles. The molecule has 1 heteroatoms. The summed E-state index contributed by atoms with van der Waals surface area (Å²) in [5.41, 5.74) is 11.2. The van der Waals surface area contributed by atoms with Crippen molar-refractivity contribution >= 4 is 37.9 Å². The summed E-state index contributed by atoms with van der Waals surface area (Å²) >= 11 is 0. The number of allylic oxidation sites excluding steroid dienone is 2. The van der Waals surface area contributed by atoms with Crippen molar-refractivity contribution in [1.29, 1.82) is 0 Å². The molecule has 1 aliphatic rings. The highest BCUT2D eigenvalue weighted by Crippen LogP contribution is 2.44. The lowest BCUT2D eigenvalue weighted by atomic mass is 9.85. The fourth-order valence-corrected chi connectivity index (χ4v) is 6.61. The molecule has 8 rings (SSSR count). The zero-order valence-electron chi connectivity index (χ0n) is 24.1. The van der Waals surface area contributed by atoms with Crippen molar-refractivity contribution in [3.63, 3.8) is 0 Å². The van der Waals surface area contributed by atoms with Gasteiger partial charge in [-0.2, -0.15) is 6.20 Å². The van der Waals surface area contributed by atoms with Gasteiger partial charge in [-0.05, 0) is 102 Å². The summed E-state index contributed by atoms with van der Waals surface area (Å²) in [6.45, 7) is 2.93. The van der Waals surface area contributed by atoms with Crippen LogP contribution in [-0.2, 0) is 0 Å². The minimum Gasteiger partial charge on any atom is -0.687 e. The van der Waals surface area contributed by atoms with Gasteiger partial charge in [0.2, 0.25) is 0 Å². The molecular formula is C42H30N-. The van der Waals surface area contributed by atoms with Crippen LogP contribution in [0.2, 0.25) is 0 Å². The first kappa shape index (κ1) is 25.3. The van der Waals surface area contributed by atoms with E-state index in [-0.39, 0.29) is 0 Å². The van der Waals surface area contributed by atoms with Crippen LogP contribution in [0.25, 0.3) is 76.6 Å². The lowest BCUT2D eigenvalue weighted by molar-refractivity contribution is 1.24. The highest BCUT2D eigenvalue weighted by molar-refractivity contribution is 6.21. The quantitative estimate of drug-likeness (QED) is 0.194. The summed E-state index contributed by atoms with van der Waals surface area (Å²) in [6.07, 6.45) is 4.24. The summed E-state index contributed by atoms with van der Waals surface area (Å²) in [4.78, 5) is 0. The van der Waals surface area contributed by atoms with Crippen molar-refractivity contribution in [2.45, 2.75) is 6.92 Å². The third kappa shape index (κ3) is 4.51. The van der Waals surface area contributed by atoms with Crippen molar-refractivity contribution < 1.29 is 0 Å². The van der Waals surface area contributed by atoms with Crippen LogP contribution in [0.1, 0.15) is 12.5 Å². The standard InChI is InChI=1S/C42H30N/c1-28-22-36(27-43-26-28)31-13-9-12-30(23-31)32-18-19-34-25-35(21-20-33(34)24-32)42-39-16-7-5-14-37(39)41(29-10-3-2-4-11-29)38-15-6-8-17-40(38)42/h2-25,27H,26H2,1H3/q-1. The third-order valence-electron chi connectivity index (χ3n) is 8.63. The number of hydrogen-bond donors (Lipinski definition) is 0. The molecule has 0 amide bonds. The van der Waals surface area contributed by atoms with Crippen LogP contribution < -0.4 is 0 Å². The second-order valence-electron chi connectivity index (χ2n) is 11.5. The Morgan fingerprint density at radius 2 is 0.953 bits per heavy atom. The highest BCUT2D eigenvalue weighted by atomic mass is 14.8. The Hall–Kier alpha value is -5.40. The molecule has 0 fully saturated rings. The van der Waals surface area contributed by atoms with Crippen molar-refractivity contribution in [2.75, 3.05) is 6.54 Å². The average molecular weight is 549 g/mol. The molecular weight excluding hydrogens is 518 g/mol. The number of rotatable bonds is 4. The van der Waals surface area contributed by atoms with Crippen molar-refractivity contribution in [1.82, 2.24) is 0 Å². The van der Waals surface area contributed by atoms with Gasteiger partial charge in [-0.1, -0.05) is 133 Å². The van der Waals surface area contributed by atoms with Crippen molar-refractivity contribution in [3.8, 4) is 33.4 Å². The summed E-state index contributed by atoms with van der Waals surface area (Å²) in [5, 5.41) is 12.1. The summed E-state index contributed by atoms with van der Waals surface area (Å²) in [5.74, 6) is 0. The van der Waals surface area contributed by atoms with Gasteiger partial charge in [0, 0.05) is 0 Å². The van der Waals surface area contributed by atoms with E-state index < -0.39 is 0 Å². The molecule has 0 N–H and O–H groups in total. The van der Waals surface area contributed by atoms with Gasteiger partial charge >= 0.3 is 0 Å². The minimum absolute atomic E-state index is 0.790. The van der Waals surface area contributed by atoms with Crippen LogP contribution in [0, 0.1) is 0 Å². The molecule has 0 aromatic heterocycles. The molecule has 0 saturated carbocycles. The van der Waals surface area contributed by atoms with Crippen LogP contribution >= 0.6 is 0 Å². The summed E-state index contributed by atoms with van der Waals surface area (Å²) in [7, 11) is 0. The van der Waals surface area contributed by atoms with Crippen LogP contribution in [0.5, 0.6) is 0 Å². The summed E-state index contributed by atoms with van der Waals surface area (Å²) in [6, 6.07) is 51.0. The predicted octanol–water partition coefficient (Wildman–Crippen LogP) is 11.8. The van der Waals surface area contributed by atoms with E-state index in [0.717, 1.165) is 6.54 Å². The van der Waals surface area contributed by atoms with E-state index in [1.807, 2.05) is 6.20 Å². The first-order valence-corrected chi connectivity index (χ1v) is 14.9. The number of fused-ring (bicyclic) bond motifs is 3. The smallest absolute Gasteiger partial charge is 0.00262 e. The van der Waals surface area contributed by atoms with E-state index >= 15 is 0 Å². The van der Waals surface area contributed by atoms with E-state index in [9.17, 15) is 0 Å².